The van der Waals surface area contributed by atoms with Gasteiger partial charge in [-0.05, 0) is 31.2 Å². The maximum absolute atomic E-state index is 13.4. The van der Waals surface area contributed by atoms with Crippen LogP contribution in [0.15, 0.2) is 29.3 Å². The van der Waals surface area contributed by atoms with Gasteiger partial charge in [0.15, 0.2) is 5.78 Å². The van der Waals surface area contributed by atoms with E-state index in [4.69, 9.17) is 0 Å². The van der Waals surface area contributed by atoms with Crippen LogP contribution in [0.4, 0.5) is 8.78 Å². The predicted molar refractivity (Wildman–Crippen MR) is 69.4 cm³/mol. The van der Waals surface area contributed by atoms with Crippen LogP contribution in [0.2, 0.25) is 0 Å². The summed E-state index contributed by atoms with van der Waals surface area (Å²) in [5.74, 6) is -1.72. The number of rotatable bonds is 4. The molecule has 0 unspecified atom stereocenters. The second kappa shape index (κ2) is 5.52. The Morgan fingerprint density at radius 2 is 2.11 bits per heavy atom. The van der Waals surface area contributed by atoms with E-state index in [9.17, 15) is 13.6 Å². The van der Waals surface area contributed by atoms with Crippen molar-refractivity contribution in [3.63, 3.8) is 0 Å². The first-order valence-electron chi connectivity index (χ1n) is 5.59. The number of thioether (sulfide) groups is 1. The fourth-order valence-electron chi connectivity index (χ4n) is 1.65. The first-order valence-corrected chi connectivity index (χ1v) is 6.57. The first kappa shape index (κ1) is 13.7. The van der Waals surface area contributed by atoms with Gasteiger partial charge in [-0.25, -0.2) is 8.78 Å². The van der Waals surface area contributed by atoms with Gasteiger partial charge in [0.1, 0.15) is 11.6 Å². The zero-order valence-electron chi connectivity index (χ0n) is 10.5. The molecule has 0 radical (unpaired) electrons. The molecule has 2 aromatic rings. The molecular formula is C13H12F2N2OS. The van der Waals surface area contributed by atoms with Crippen molar-refractivity contribution in [3.05, 3.63) is 47.2 Å². The van der Waals surface area contributed by atoms with Crippen LogP contribution in [0, 0.1) is 18.6 Å². The molecule has 1 aromatic carbocycles. The summed E-state index contributed by atoms with van der Waals surface area (Å²) in [4.78, 5) is 11.9. The Hall–Kier alpha value is -1.69. The molecule has 0 atom stereocenters. The van der Waals surface area contributed by atoms with Gasteiger partial charge in [0, 0.05) is 7.05 Å². The molecule has 0 saturated carbocycles. The number of ketones is 1. The van der Waals surface area contributed by atoms with E-state index in [1.165, 1.54) is 11.8 Å². The molecule has 1 aromatic heterocycles. The lowest BCUT2D eigenvalue weighted by atomic mass is 10.1. The van der Waals surface area contributed by atoms with Gasteiger partial charge in [0.25, 0.3) is 0 Å². The summed E-state index contributed by atoms with van der Waals surface area (Å²) in [5, 5.41) is 4.95. The minimum Gasteiger partial charge on any atom is -0.293 e. The van der Waals surface area contributed by atoms with Crippen LogP contribution in [-0.2, 0) is 7.05 Å². The molecule has 2 rings (SSSR count). The summed E-state index contributed by atoms with van der Waals surface area (Å²) in [6.45, 7) is 1.85. The highest BCUT2D eigenvalue weighted by atomic mass is 32.2. The van der Waals surface area contributed by atoms with E-state index in [0.717, 1.165) is 28.9 Å². The number of aryl methyl sites for hydroxylation is 2. The lowest BCUT2D eigenvalue weighted by Crippen LogP contribution is -2.06. The molecule has 0 aliphatic heterocycles. The standard InChI is InChI=1S/C13H12F2N2OS/c1-8-5-13(17(2)16-8)19-7-12(18)10-6-9(14)3-4-11(10)15/h3-6H,7H2,1-2H3. The van der Waals surface area contributed by atoms with Crippen molar-refractivity contribution in [3.8, 4) is 0 Å². The van der Waals surface area contributed by atoms with E-state index in [0.29, 0.717) is 0 Å². The molecule has 0 N–H and O–H groups in total. The smallest absolute Gasteiger partial charge is 0.176 e. The van der Waals surface area contributed by atoms with Gasteiger partial charge < -0.3 is 0 Å². The van der Waals surface area contributed by atoms with Gasteiger partial charge in [-0.1, -0.05) is 11.8 Å². The minimum absolute atomic E-state index is 0.0410. The Labute approximate surface area is 113 Å². The lowest BCUT2D eigenvalue weighted by molar-refractivity contribution is 0.101. The van der Waals surface area contributed by atoms with Crippen LogP contribution in [-0.4, -0.2) is 21.3 Å². The molecule has 0 amide bonds. The molecule has 6 heteroatoms. The number of hydrogen-bond donors (Lipinski definition) is 0. The number of hydrogen-bond acceptors (Lipinski definition) is 3. The number of Topliss-reactive ketones (excluding diaryl/α,β-unsaturated/α-hetero) is 1. The zero-order chi connectivity index (χ0) is 14.0. The van der Waals surface area contributed by atoms with E-state index < -0.39 is 17.4 Å². The summed E-state index contributed by atoms with van der Waals surface area (Å²) < 4.78 is 28.1. The molecule has 0 saturated heterocycles. The van der Waals surface area contributed by atoms with E-state index in [-0.39, 0.29) is 11.3 Å². The highest BCUT2D eigenvalue weighted by Gasteiger charge is 2.14. The maximum atomic E-state index is 13.4. The molecule has 0 spiro atoms. The Bertz CT molecular complexity index is 625. The SMILES string of the molecule is Cc1cc(SCC(=O)c2cc(F)ccc2F)n(C)n1. The quantitative estimate of drug-likeness (QED) is 0.639. The molecule has 0 aliphatic carbocycles. The van der Waals surface area contributed by atoms with E-state index in [1.54, 1.807) is 11.7 Å². The highest BCUT2D eigenvalue weighted by Crippen LogP contribution is 2.20. The van der Waals surface area contributed by atoms with Gasteiger partial charge in [0.05, 0.1) is 22.0 Å². The Balaban J connectivity index is 2.09. The van der Waals surface area contributed by atoms with Crippen LogP contribution < -0.4 is 0 Å². The van der Waals surface area contributed by atoms with Crippen LogP contribution in [0.5, 0.6) is 0 Å². The average molecular weight is 282 g/mol. The summed E-state index contributed by atoms with van der Waals surface area (Å²) in [6, 6.07) is 4.71. The van der Waals surface area contributed by atoms with Crippen molar-refractivity contribution in [1.82, 2.24) is 9.78 Å². The summed E-state index contributed by atoms with van der Waals surface area (Å²) in [6.07, 6.45) is 0. The second-order valence-corrected chi connectivity index (χ2v) is 5.08. The van der Waals surface area contributed by atoms with E-state index >= 15 is 0 Å². The molecule has 0 bridgehead atoms. The van der Waals surface area contributed by atoms with E-state index in [1.807, 2.05) is 13.0 Å². The minimum atomic E-state index is -0.701. The second-order valence-electron chi connectivity index (χ2n) is 4.08. The monoisotopic (exact) mass is 282 g/mol. The predicted octanol–water partition coefficient (Wildman–Crippen LogP) is 2.98. The fourth-order valence-corrected chi connectivity index (χ4v) is 2.57. The Kier molecular flexibility index (Phi) is 3.99. The summed E-state index contributed by atoms with van der Waals surface area (Å²) >= 11 is 1.25. The van der Waals surface area contributed by atoms with Gasteiger partial charge in [0.2, 0.25) is 0 Å². The maximum Gasteiger partial charge on any atom is 0.176 e. The molecule has 0 fully saturated rings. The summed E-state index contributed by atoms with van der Waals surface area (Å²) in [5.41, 5.74) is 0.626. The van der Waals surface area contributed by atoms with Gasteiger partial charge >= 0.3 is 0 Å². The number of nitrogens with zero attached hydrogens (tertiary/aromatic N) is 2. The van der Waals surface area contributed by atoms with Crippen molar-refractivity contribution in [1.29, 1.82) is 0 Å². The third-order valence-electron chi connectivity index (χ3n) is 2.54. The van der Waals surface area contributed by atoms with Crippen molar-refractivity contribution in [2.45, 2.75) is 11.9 Å². The zero-order valence-corrected chi connectivity index (χ0v) is 11.3. The molecular weight excluding hydrogens is 270 g/mol. The topological polar surface area (TPSA) is 34.9 Å². The van der Waals surface area contributed by atoms with Crippen molar-refractivity contribution in [2.75, 3.05) is 5.75 Å². The van der Waals surface area contributed by atoms with Gasteiger partial charge in [-0.3, -0.25) is 9.48 Å². The van der Waals surface area contributed by atoms with Crippen molar-refractivity contribution in [2.24, 2.45) is 7.05 Å². The summed E-state index contributed by atoms with van der Waals surface area (Å²) in [7, 11) is 1.77. The Morgan fingerprint density at radius 3 is 2.74 bits per heavy atom. The lowest BCUT2D eigenvalue weighted by Gasteiger charge is -2.03. The largest absolute Gasteiger partial charge is 0.293 e. The Morgan fingerprint density at radius 1 is 1.37 bits per heavy atom. The molecule has 19 heavy (non-hydrogen) atoms. The first-order chi connectivity index (χ1) is 8.97. The number of carbonyl (C=O) groups excluding carboxylic acids is 1. The molecule has 0 aliphatic rings. The highest BCUT2D eigenvalue weighted by molar-refractivity contribution is 7.99. The molecule has 100 valence electrons. The molecule has 1 heterocycles. The number of carbonyl (C=O) groups is 1. The normalized spacial score (nSPS) is 10.7. The van der Waals surface area contributed by atoms with E-state index in [2.05, 4.69) is 5.10 Å². The fraction of sp³-hybridized carbons (Fsp3) is 0.231. The van der Waals surface area contributed by atoms with Gasteiger partial charge in [-0.15, -0.1) is 0 Å². The van der Waals surface area contributed by atoms with Gasteiger partial charge in [-0.2, -0.15) is 5.10 Å². The molecule has 3 nitrogen and oxygen atoms in total. The van der Waals surface area contributed by atoms with Crippen LogP contribution in [0.25, 0.3) is 0 Å². The third-order valence-corrected chi connectivity index (χ3v) is 3.62. The third kappa shape index (κ3) is 3.20. The van der Waals surface area contributed by atoms with Crippen molar-refractivity contribution < 1.29 is 13.6 Å². The number of halogens is 2. The number of benzene rings is 1. The van der Waals surface area contributed by atoms with Crippen LogP contribution in [0.3, 0.4) is 0 Å². The average Bonchev–Trinajstić information content (AvgIpc) is 2.68. The number of aromatic nitrogens is 2. The van der Waals surface area contributed by atoms with Crippen molar-refractivity contribution >= 4 is 17.5 Å². The van der Waals surface area contributed by atoms with Crippen LogP contribution in [0.1, 0.15) is 16.1 Å². The van der Waals surface area contributed by atoms with Crippen LogP contribution >= 0.6 is 11.8 Å².